The number of carboxylic acids is 1. The van der Waals surface area contributed by atoms with Gasteiger partial charge in [0.2, 0.25) is 5.78 Å². The summed E-state index contributed by atoms with van der Waals surface area (Å²) >= 11 is 0. The van der Waals surface area contributed by atoms with Gasteiger partial charge in [-0.2, -0.15) is 0 Å². The molecule has 0 amide bonds. The minimum absolute atomic E-state index is 0.526. The molecule has 0 aromatic heterocycles. The van der Waals surface area contributed by atoms with Gasteiger partial charge in [0, 0.05) is 6.92 Å². The van der Waals surface area contributed by atoms with Gasteiger partial charge in [0.15, 0.2) is 6.29 Å². The number of ketones is 1. The Kier molecular flexibility index (Phi) is 6.91. The van der Waals surface area contributed by atoms with Gasteiger partial charge in [0.25, 0.3) is 0 Å². The molecular weight excluding hydrogens is 252 g/mol. The first-order valence-electron chi connectivity index (χ1n) is 4.94. The van der Waals surface area contributed by atoms with Gasteiger partial charge in [-0.1, -0.05) is 0 Å². The van der Waals surface area contributed by atoms with E-state index in [9.17, 15) is 9.59 Å². The lowest BCUT2D eigenvalue weighted by Crippen LogP contribution is -2.58. The molecular formula is C9H16O9. The maximum Gasteiger partial charge on any atom is 0.371 e. The molecule has 1 saturated heterocycles. The first-order valence-corrected chi connectivity index (χ1v) is 4.94. The summed E-state index contributed by atoms with van der Waals surface area (Å²) in [5.41, 5.74) is 0. The normalized spacial score (nSPS) is 35.3. The second-order valence-electron chi connectivity index (χ2n) is 3.58. The lowest BCUT2D eigenvalue weighted by atomic mass is 10.00. The SMILES string of the molecule is CC(=O)C(=O)O.OC[C@H]1O[C@H](O)[C@H](O)[C@@H](O)[C@@H]1O. The van der Waals surface area contributed by atoms with Gasteiger partial charge in [-0.25, -0.2) is 4.79 Å². The maximum absolute atomic E-state index is 9.54. The van der Waals surface area contributed by atoms with Gasteiger partial charge < -0.3 is 35.4 Å². The smallest absolute Gasteiger partial charge is 0.371 e. The molecule has 0 spiro atoms. The van der Waals surface area contributed by atoms with E-state index < -0.39 is 49.1 Å². The number of hydrogen-bond acceptors (Lipinski definition) is 8. The Bertz CT molecular complexity index is 275. The van der Waals surface area contributed by atoms with E-state index in [1.54, 1.807) is 0 Å². The molecule has 106 valence electrons. The van der Waals surface area contributed by atoms with Crippen molar-refractivity contribution in [3.63, 3.8) is 0 Å². The fourth-order valence-corrected chi connectivity index (χ4v) is 1.08. The van der Waals surface area contributed by atoms with Crippen LogP contribution in [0.1, 0.15) is 6.92 Å². The molecule has 18 heavy (non-hydrogen) atoms. The largest absolute Gasteiger partial charge is 0.476 e. The highest BCUT2D eigenvalue weighted by molar-refractivity contribution is 6.31. The van der Waals surface area contributed by atoms with Crippen LogP contribution in [0.4, 0.5) is 0 Å². The summed E-state index contributed by atoms with van der Waals surface area (Å²) in [6, 6.07) is 0. The van der Waals surface area contributed by atoms with Crippen molar-refractivity contribution in [3.05, 3.63) is 0 Å². The fraction of sp³-hybridized carbons (Fsp3) is 0.778. The van der Waals surface area contributed by atoms with Crippen molar-refractivity contribution in [1.29, 1.82) is 0 Å². The van der Waals surface area contributed by atoms with Crippen LogP contribution >= 0.6 is 0 Å². The van der Waals surface area contributed by atoms with Crippen LogP contribution in [0.3, 0.4) is 0 Å². The van der Waals surface area contributed by atoms with Crippen molar-refractivity contribution < 1.29 is 45.0 Å². The van der Waals surface area contributed by atoms with Gasteiger partial charge in [-0.15, -0.1) is 0 Å². The Balaban J connectivity index is 0.000000411. The predicted octanol–water partition coefficient (Wildman–Crippen LogP) is -3.56. The number of carbonyl (C=O) groups excluding carboxylic acids is 1. The lowest BCUT2D eigenvalue weighted by Gasteiger charge is -2.37. The van der Waals surface area contributed by atoms with Crippen LogP contribution in [0.15, 0.2) is 0 Å². The highest BCUT2D eigenvalue weighted by Crippen LogP contribution is 2.18. The zero-order chi connectivity index (χ0) is 14.5. The van der Waals surface area contributed by atoms with Gasteiger partial charge in [-0.05, 0) is 0 Å². The molecule has 1 aliphatic rings. The van der Waals surface area contributed by atoms with E-state index in [1.165, 1.54) is 0 Å². The highest BCUT2D eigenvalue weighted by Gasteiger charge is 2.42. The van der Waals surface area contributed by atoms with E-state index >= 15 is 0 Å². The standard InChI is InChI=1S/C6H12O6.C3H4O3/c7-1-2-3(8)4(9)5(10)6(11)12-2;1-2(4)3(5)6/h2-11H,1H2;1H3,(H,5,6)/t2-,3-,4+,5-,6+;/m1./s1. The van der Waals surface area contributed by atoms with Crippen molar-refractivity contribution in [2.75, 3.05) is 6.61 Å². The molecule has 1 rings (SSSR count). The first-order chi connectivity index (χ1) is 8.22. The summed E-state index contributed by atoms with van der Waals surface area (Å²) in [4.78, 5) is 18.9. The maximum atomic E-state index is 9.54. The third-order valence-electron chi connectivity index (χ3n) is 2.17. The number of Topliss-reactive ketones (excluding diaryl/α,β-unsaturated/α-hetero) is 1. The topological polar surface area (TPSA) is 165 Å². The van der Waals surface area contributed by atoms with Crippen LogP contribution in [0.25, 0.3) is 0 Å². The zero-order valence-electron chi connectivity index (χ0n) is 9.50. The van der Waals surface area contributed by atoms with Crippen LogP contribution in [0.2, 0.25) is 0 Å². The number of carboxylic acid groups (broad SMARTS) is 1. The first kappa shape index (κ1) is 16.9. The summed E-state index contributed by atoms with van der Waals surface area (Å²) in [6.07, 6.45) is -7.04. The Morgan fingerprint density at radius 1 is 1.06 bits per heavy atom. The number of rotatable bonds is 2. The van der Waals surface area contributed by atoms with Crippen LogP contribution in [0.5, 0.6) is 0 Å². The quantitative estimate of drug-likeness (QED) is 0.278. The van der Waals surface area contributed by atoms with Crippen molar-refractivity contribution in [1.82, 2.24) is 0 Å². The highest BCUT2D eigenvalue weighted by atomic mass is 16.6. The van der Waals surface area contributed by atoms with Crippen molar-refractivity contribution in [2.24, 2.45) is 0 Å². The number of aliphatic carboxylic acids is 1. The minimum atomic E-state index is -1.57. The fourth-order valence-electron chi connectivity index (χ4n) is 1.08. The van der Waals surface area contributed by atoms with Crippen molar-refractivity contribution in [3.8, 4) is 0 Å². The Morgan fingerprint density at radius 3 is 1.83 bits per heavy atom. The molecule has 9 nitrogen and oxygen atoms in total. The van der Waals surface area contributed by atoms with E-state index in [0.717, 1.165) is 6.92 Å². The van der Waals surface area contributed by atoms with E-state index in [0.29, 0.717) is 0 Å². The molecule has 1 fully saturated rings. The van der Waals surface area contributed by atoms with Gasteiger partial charge in [-0.3, -0.25) is 4.79 Å². The van der Waals surface area contributed by atoms with E-state index in [4.69, 9.17) is 30.6 Å². The average Bonchev–Trinajstić information content (AvgIpc) is 2.31. The summed E-state index contributed by atoms with van der Waals surface area (Å²) < 4.78 is 4.58. The summed E-state index contributed by atoms with van der Waals surface area (Å²) in [7, 11) is 0. The van der Waals surface area contributed by atoms with E-state index in [1.807, 2.05) is 0 Å². The number of carbonyl (C=O) groups is 2. The molecule has 0 aromatic rings. The molecule has 0 bridgehead atoms. The van der Waals surface area contributed by atoms with Crippen molar-refractivity contribution in [2.45, 2.75) is 37.6 Å². The molecule has 0 saturated carbocycles. The second-order valence-corrected chi connectivity index (χ2v) is 3.58. The van der Waals surface area contributed by atoms with E-state index in [-0.39, 0.29) is 0 Å². The van der Waals surface area contributed by atoms with Crippen LogP contribution in [-0.2, 0) is 14.3 Å². The van der Waals surface area contributed by atoms with Crippen molar-refractivity contribution >= 4 is 11.8 Å². The molecule has 9 heteroatoms. The molecule has 5 atom stereocenters. The van der Waals surface area contributed by atoms with Gasteiger partial charge >= 0.3 is 5.97 Å². The van der Waals surface area contributed by atoms with Crippen LogP contribution in [0, 0.1) is 0 Å². The monoisotopic (exact) mass is 268 g/mol. The molecule has 0 aromatic carbocycles. The molecule has 1 heterocycles. The minimum Gasteiger partial charge on any atom is -0.476 e. The number of hydrogen-bond donors (Lipinski definition) is 6. The third kappa shape index (κ3) is 4.64. The molecule has 0 radical (unpaired) electrons. The van der Waals surface area contributed by atoms with E-state index in [2.05, 4.69) is 4.74 Å². The third-order valence-corrected chi connectivity index (χ3v) is 2.17. The predicted molar refractivity (Wildman–Crippen MR) is 54.3 cm³/mol. The number of ether oxygens (including phenoxy) is 1. The molecule has 1 aliphatic heterocycles. The number of aliphatic hydroxyl groups is 5. The Hall–Kier alpha value is -1.10. The Morgan fingerprint density at radius 2 is 1.50 bits per heavy atom. The van der Waals surface area contributed by atoms with Crippen LogP contribution < -0.4 is 0 Å². The van der Waals surface area contributed by atoms with Gasteiger partial charge in [0.1, 0.15) is 24.4 Å². The summed E-state index contributed by atoms with van der Waals surface area (Å²) in [5, 5.41) is 52.3. The number of aliphatic hydroxyl groups excluding tert-OH is 5. The molecule has 0 unspecified atom stereocenters. The molecule has 0 aliphatic carbocycles. The Labute approximate surface area is 102 Å². The summed E-state index contributed by atoms with van der Waals surface area (Å²) in [5.74, 6) is -2.20. The average molecular weight is 268 g/mol. The summed E-state index contributed by atoms with van der Waals surface area (Å²) in [6.45, 7) is 0.477. The van der Waals surface area contributed by atoms with Gasteiger partial charge in [0.05, 0.1) is 6.61 Å². The molecule has 6 N–H and O–H groups in total. The van der Waals surface area contributed by atoms with Crippen LogP contribution in [-0.4, -0.2) is 79.7 Å². The zero-order valence-corrected chi connectivity index (χ0v) is 9.50. The second kappa shape index (κ2) is 7.36. The lowest BCUT2D eigenvalue weighted by molar-refractivity contribution is -0.286.